The first-order valence-corrected chi connectivity index (χ1v) is 5.70. The maximum atomic E-state index is 5.54. The molecule has 0 saturated carbocycles. The Bertz CT molecular complexity index is 416. The van der Waals surface area contributed by atoms with E-state index in [4.69, 9.17) is 4.74 Å². The van der Waals surface area contributed by atoms with Crippen molar-refractivity contribution in [3.8, 4) is 11.5 Å². The van der Waals surface area contributed by atoms with Crippen molar-refractivity contribution >= 4 is 11.8 Å². The summed E-state index contributed by atoms with van der Waals surface area (Å²) in [5, 5.41) is 0.746. The average Bonchev–Trinajstić information content (AvgIpc) is 2.31. The Morgan fingerprint density at radius 2 is 1.67 bits per heavy atom. The molecule has 0 unspecified atom stereocenters. The summed E-state index contributed by atoms with van der Waals surface area (Å²) in [6.45, 7) is 0. The molecule has 0 aliphatic heterocycles. The molecule has 76 valence electrons. The van der Waals surface area contributed by atoms with Crippen LogP contribution in [0.4, 0.5) is 0 Å². The molecule has 1 aromatic carbocycles. The first-order chi connectivity index (χ1) is 7.38. The van der Waals surface area contributed by atoms with Crippen molar-refractivity contribution in [1.82, 2.24) is 9.97 Å². The molecule has 2 aromatic rings. The lowest BCUT2D eigenvalue weighted by atomic mass is 10.3. The molecule has 0 radical (unpaired) electrons. The number of para-hydroxylation sites is 1. The molecule has 0 aliphatic rings. The number of hydrogen-bond donors (Lipinski definition) is 0. The topological polar surface area (TPSA) is 35.0 Å². The van der Waals surface area contributed by atoms with Crippen LogP contribution in [-0.4, -0.2) is 16.2 Å². The highest BCUT2D eigenvalue weighted by atomic mass is 32.2. The SMILES string of the molecule is CSc1ncc(Oc2ccccc2)cn1. The molecular formula is C11H10N2OS. The quantitative estimate of drug-likeness (QED) is 0.586. The summed E-state index contributed by atoms with van der Waals surface area (Å²) in [6.07, 6.45) is 5.28. The zero-order valence-electron chi connectivity index (χ0n) is 8.25. The molecule has 0 bridgehead atoms. The van der Waals surface area contributed by atoms with Crippen LogP contribution in [-0.2, 0) is 0 Å². The number of benzene rings is 1. The minimum absolute atomic E-state index is 0.652. The van der Waals surface area contributed by atoms with E-state index < -0.39 is 0 Å². The van der Waals surface area contributed by atoms with Gasteiger partial charge >= 0.3 is 0 Å². The molecule has 15 heavy (non-hydrogen) atoms. The van der Waals surface area contributed by atoms with Crippen molar-refractivity contribution in [3.63, 3.8) is 0 Å². The molecule has 0 aliphatic carbocycles. The Balaban J connectivity index is 2.11. The standard InChI is InChI=1S/C11H10N2OS/c1-15-11-12-7-10(8-13-11)14-9-5-3-2-4-6-9/h2-8H,1H3. The summed E-state index contributed by atoms with van der Waals surface area (Å²) in [6, 6.07) is 9.57. The number of rotatable bonds is 3. The van der Waals surface area contributed by atoms with E-state index in [-0.39, 0.29) is 0 Å². The molecular weight excluding hydrogens is 208 g/mol. The summed E-state index contributed by atoms with van der Waals surface area (Å²) >= 11 is 1.51. The predicted molar refractivity (Wildman–Crippen MR) is 60.3 cm³/mol. The molecule has 1 aromatic heterocycles. The van der Waals surface area contributed by atoms with Crippen molar-refractivity contribution in [3.05, 3.63) is 42.7 Å². The van der Waals surface area contributed by atoms with Crippen LogP contribution in [0.1, 0.15) is 0 Å². The van der Waals surface area contributed by atoms with Gasteiger partial charge in [0.2, 0.25) is 0 Å². The third-order valence-electron chi connectivity index (χ3n) is 1.77. The second kappa shape index (κ2) is 4.79. The van der Waals surface area contributed by atoms with E-state index in [0.717, 1.165) is 10.9 Å². The Morgan fingerprint density at radius 1 is 1.00 bits per heavy atom. The fraction of sp³-hybridized carbons (Fsp3) is 0.0909. The van der Waals surface area contributed by atoms with E-state index in [1.807, 2.05) is 36.6 Å². The van der Waals surface area contributed by atoms with Crippen LogP contribution in [0.25, 0.3) is 0 Å². The van der Waals surface area contributed by atoms with Gasteiger partial charge in [-0.05, 0) is 18.4 Å². The average molecular weight is 218 g/mol. The Kier molecular flexibility index (Phi) is 3.19. The highest BCUT2D eigenvalue weighted by molar-refractivity contribution is 7.98. The molecule has 3 nitrogen and oxygen atoms in total. The lowest BCUT2D eigenvalue weighted by molar-refractivity contribution is 0.475. The van der Waals surface area contributed by atoms with Gasteiger partial charge in [0.05, 0.1) is 12.4 Å². The fourth-order valence-corrected chi connectivity index (χ4v) is 1.40. The van der Waals surface area contributed by atoms with E-state index in [0.29, 0.717) is 5.75 Å². The fourth-order valence-electron chi connectivity index (χ4n) is 1.09. The van der Waals surface area contributed by atoms with Crippen LogP contribution in [0.2, 0.25) is 0 Å². The maximum absolute atomic E-state index is 5.54. The van der Waals surface area contributed by atoms with Crippen molar-refractivity contribution in [2.75, 3.05) is 6.26 Å². The van der Waals surface area contributed by atoms with Gasteiger partial charge in [0.15, 0.2) is 10.9 Å². The minimum Gasteiger partial charge on any atom is -0.454 e. The van der Waals surface area contributed by atoms with E-state index in [1.54, 1.807) is 12.4 Å². The summed E-state index contributed by atoms with van der Waals surface area (Å²) in [5.74, 6) is 1.44. The second-order valence-electron chi connectivity index (χ2n) is 2.82. The molecule has 2 rings (SSSR count). The molecule has 0 saturated heterocycles. The van der Waals surface area contributed by atoms with Crippen molar-refractivity contribution in [2.45, 2.75) is 5.16 Å². The normalized spacial score (nSPS) is 9.93. The number of thioether (sulfide) groups is 1. The van der Waals surface area contributed by atoms with Gasteiger partial charge in [-0.25, -0.2) is 9.97 Å². The van der Waals surface area contributed by atoms with E-state index >= 15 is 0 Å². The Hall–Kier alpha value is -1.55. The molecule has 0 atom stereocenters. The van der Waals surface area contributed by atoms with Gasteiger partial charge in [0.1, 0.15) is 5.75 Å². The first kappa shape index (κ1) is 9.98. The maximum Gasteiger partial charge on any atom is 0.187 e. The van der Waals surface area contributed by atoms with E-state index in [9.17, 15) is 0 Å². The Morgan fingerprint density at radius 3 is 2.27 bits per heavy atom. The van der Waals surface area contributed by atoms with Crippen LogP contribution in [0.5, 0.6) is 11.5 Å². The third kappa shape index (κ3) is 2.70. The van der Waals surface area contributed by atoms with Crippen LogP contribution < -0.4 is 4.74 Å². The van der Waals surface area contributed by atoms with Crippen LogP contribution in [0.3, 0.4) is 0 Å². The van der Waals surface area contributed by atoms with Crippen LogP contribution >= 0.6 is 11.8 Å². The third-order valence-corrected chi connectivity index (χ3v) is 2.34. The van der Waals surface area contributed by atoms with Crippen molar-refractivity contribution < 1.29 is 4.74 Å². The lowest BCUT2D eigenvalue weighted by Crippen LogP contribution is -1.88. The minimum atomic E-state index is 0.652. The first-order valence-electron chi connectivity index (χ1n) is 4.47. The molecule has 1 heterocycles. The van der Waals surface area contributed by atoms with Gasteiger partial charge in [-0.15, -0.1) is 0 Å². The zero-order chi connectivity index (χ0) is 10.5. The number of hydrogen-bond acceptors (Lipinski definition) is 4. The number of nitrogens with zero attached hydrogens (tertiary/aromatic N) is 2. The number of ether oxygens (including phenoxy) is 1. The highest BCUT2D eigenvalue weighted by Crippen LogP contribution is 2.19. The summed E-state index contributed by atoms with van der Waals surface area (Å²) in [7, 11) is 0. The molecule has 4 heteroatoms. The largest absolute Gasteiger partial charge is 0.454 e. The van der Waals surface area contributed by atoms with E-state index in [2.05, 4.69) is 9.97 Å². The molecule has 0 fully saturated rings. The molecule has 0 amide bonds. The van der Waals surface area contributed by atoms with Crippen molar-refractivity contribution in [1.29, 1.82) is 0 Å². The summed E-state index contributed by atoms with van der Waals surface area (Å²) < 4.78 is 5.54. The highest BCUT2D eigenvalue weighted by Gasteiger charge is 1.98. The zero-order valence-corrected chi connectivity index (χ0v) is 9.07. The monoisotopic (exact) mass is 218 g/mol. The lowest BCUT2D eigenvalue weighted by Gasteiger charge is -2.04. The molecule has 0 N–H and O–H groups in total. The van der Waals surface area contributed by atoms with Gasteiger partial charge in [-0.1, -0.05) is 30.0 Å². The van der Waals surface area contributed by atoms with Gasteiger partial charge in [-0.2, -0.15) is 0 Å². The van der Waals surface area contributed by atoms with Crippen molar-refractivity contribution in [2.24, 2.45) is 0 Å². The second-order valence-corrected chi connectivity index (χ2v) is 3.59. The number of aromatic nitrogens is 2. The summed E-state index contributed by atoms with van der Waals surface area (Å²) in [5.41, 5.74) is 0. The predicted octanol–water partition coefficient (Wildman–Crippen LogP) is 2.99. The van der Waals surface area contributed by atoms with E-state index in [1.165, 1.54) is 11.8 Å². The van der Waals surface area contributed by atoms with Crippen LogP contribution in [0.15, 0.2) is 47.9 Å². The van der Waals surface area contributed by atoms with Gasteiger partial charge in [0, 0.05) is 0 Å². The van der Waals surface area contributed by atoms with Crippen LogP contribution in [0, 0.1) is 0 Å². The smallest absolute Gasteiger partial charge is 0.187 e. The van der Waals surface area contributed by atoms with Gasteiger partial charge in [0.25, 0.3) is 0 Å². The van der Waals surface area contributed by atoms with Gasteiger partial charge in [-0.3, -0.25) is 0 Å². The van der Waals surface area contributed by atoms with Gasteiger partial charge < -0.3 is 4.74 Å². The Labute approximate surface area is 92.5 Å². The summed E-state index contributed by atoms with van der Waals surface area (Å²) in [4.78, 5) is 8.24. The molecule has 0 spiro atoms.